The fraction of sp³-hybridized carbons (Fsp3) is 0.348. The molecule has 5 rings (SSSR count). The zero-order chi connectivity index (χ0) is 19.8. The molecule has 1 aliphatic carbocycles. The van der Waals surface area contributed by atoms with Crippen molar-refractivity contribution in [2.24, 2.45) is 0 Å². The van der Waals surface area contributed by atoms with Gasteiger partial charge in [-0.15, -0.1) is 0 Å². The Morgan fingerprint density at radius 2 is 2.14 bits per heavy atom. The molecule has 29 heavy (non-hydrogen) atoms. The first-order chi connectivity index (χ1) is 14.2. The number of aromatic amines is 1. The number of carbonyl (C=O) groups excluding carboxylic acids is 1. The fourth-order valence-electron chi connectivity index (χ4n) is 4.57. The lowest BCUT2D eigenvalue weighted by molar-refractivity contribution is 0.197. The molecule has 148 valence electrons. The van der Waals surface area contributed by atoms with Gasteiger partial charge in [0, 0.05) is 24.7 Å². The van der Waals surface area contributed by atoms with E-state index in [4.69, 9.17) is 0 Å². The van der Waals surface area contributed by atoms with Gasteiger partial charge < -0.3 is 15.2 Å². The van der Waals surface area contributed by atoms with Gasteiger partial charge in [-0.25, -0.2) is 14.8 Å². The summed E-state index contributed by atoms with van der Waals surface area (Å²) in [5.41, 5.74) is 6.81. The SMILES string of the molecule is Cc1c[nH]c2ncnc(C3=CCN(C(=O)N[C@@H]4CCCc5ccccc54)CC3)c12. The number of fused-ring (bicyclic) bond motifs is 2. The van der Waals surface area contributed by atoms with E-state index in [1.54, 1.807) is 6.33 Å². The molecule has 3 aromatic rings. The molecule has 0 radical (unpaired) electrons. The van der Waals surface area contributed by atoms with Crippen LogP contribution < -0.4 is 5.32 Å². The van der Waals surface area contributed by atoms with Crippen LogP contribution in [0.3, 0.4) is 0 Å². The van der Waals surface area contributed by atoms with Gasteiger partial charge in [0.15, 0.2) is 0 Å². The first-order valence-electron chi connectivity index (χ1n) is 10.3. The summed E-state index contributed by atoms with van der Waals surface area (Å²) in [7, 11) is 0. The Bertz CT molecular complexity index is 1100. The van der Waals surface area contributed by atoms with Gasteiger partial charge in [0.05, 0.1) is 11.7 Å². The summed E-state index contributed by atoms with van der Waals surface area (Å²) in [5.74, 6) is 0. The maximum absolute atomic E-state index is 12.9. The van der Waals surface area contributed by atoms with Crippen LogP contribution in [0, 0.1) is 6.92 Å². The average Bonchev–Trinajstić information content (AvgIpc) is 3.15. The van der Waals surface area contributed by atoms with E-state index in [-0.39, 0.29) is 12.1 Å². The van der Waals surface area contributed by atoms with Crippen LogP contribution in [-0.2, 0) is 6.42 Å². The first kappa shape index (κ1) is 17.9. The van der Waals surface area contributed by atoms with Crippen molar-refractivity contribution in [2.45, 2.75) is 38.6 Å². The van der Waals surface area contributed by atoms with Crippen LogP contribution in [0.15, 0.2) is 42.9 Å². The van der Waals surface area contributed by atoms with Crippen molar-refractivity contribution in [3.8, 4) is 0 Å². The largest absolute Gasteiger partial charge is 0.346 e. The average molecular weight is 387 g/mol. The summed E-state index contributed by atoms with van der Waals surface area (Å²) in [5, 5.41) is 4.34. The molecule has 2 aromatic heterocycles. The number of urea groups is 1. The lowest BCUT2D eigenvalue weighted by Crippen LogP contribution is -2.44. The Labute approximate surface area is 170 Å². The molecule has 1 aliphatic heterocycles. The minimum absolute atomic E-state index is 0.0210. The molecule has 1 atom stereocenters. The second-order valence-electron chi connectivity index (χ2n) is 7.94. The summed E-state index contributed by atoms with van der Waals surface area (Å²) in [6.07, 6.45) is 9.72. The molecule has 6 nitrogen and oxygen atoms in total. The predicted octanol–water partition coefficient (Wildman–Crippen LogP) is 4.14. The number of nitrogens with one attached hydrogen (secondary N) is 2. The number of hydrogen-bond acceptors (Lipinski definition) is 3. The van der Waals surface area contributed by atoms with Gasteiger partial charge in [0.2, 0.25) is 0 Å². The third kappa shape index (κ3) is 3.28. The maximum Gasteiger partial charge on any atom is 0.318 e. The van der Waals surface area contributed by atoms with Crippen molar-refractivity contribution >= 4 is 22.6 Å². The van der Waals surface area contributed by atoms with E-state index >= 15 is 0 Å². The molecule has 3 heterocycles. The van der Waals surface area contributed by atoms with Crippen LogP contribution in [0.25, 0.3) is 16.6 Å². The van der Waals surface area contributed by atoms with E-state index in [0.717, 1.165) is 48.0 Å². The highest BCUT2D eigenvalue weighted by molar-refractivity contribution is 5.91. The molecule has 2 N–H and O–H groups in total. The van der Waals surface area contributed by atoms with Crippen LogP contribution in [-0.4, -0.2) is 39.0 Å². The van der Waals surface area contributed by atoms with E-state index in [1.807, 2.05) is 11.1 Å². The molecule has 2 amide bonds. The van der Waals surface area contributed by atoms with Gasteiger partial charge in [0.25, 0.3) is 0 Å². The molecule has 0 saturated carbocycles. The standard InChI is InChI=1S/C23H25N5O/c1-15-13-24-22-20(15)21(25-14-26-22)17-9-11-28(12-10-17)23(29)27-19-8-4-6-16-5-2-3-7-18(16)19/h2-3,5,7,9,13-14,19H,4,6,8,10-12H2,1H3,(H,27,29)(H,24,25,26)/t19-/m1/s1. The van der Waals surface area contributed by atoms with Crippen LogP contribution in [0.4, 0.5) is 4.79 Å². The molecular formula is C23H25N5O. The van der Waals surface area contributed by atoms with Crippen molar-refractivity contribution in [2.75, 3.05) is 13.1 Å². The second-order valence-corrected chi connectivity index (χ2v) is 7.94. The Hall–Kier alpha value is -3.15. The number of carbonyl (C=O) groups is 1. The van der Waals surface area contributed by atoms with Gasteiger partial charge >= 0.3 is 6.03 Å². The van der Waals surface area contributed by atoms with Crippen LogP contribution in [0.5, 0.6) is 0 Å². The summed E-state index contributed by atoms with van der Waals surface area (Å²) >= 11 is 0. The number of hydrogen-bond donors (Lipinski definition) is 2. The highest BCUT2D eigenvalue weighted by atomic mass is 16.2. The van der Waals surface area contributed by atoms with E-state index < -0.39 is 0 Å². The van der Waals surface area contributed by atoms with Crippen molar-refractivity contribution in [3.63, 3.8) is 0 Å². The third-order valence-corrected chi connectivity index (χ3v) is 6.13. The quantitative estimate of drug-likeness (QED) is 0.694. The molecule has 0 spiro atoms. The molecular weight excluding hydrogens is 362 g/mol. The normalized spacial score (nSPS) is 19.0. The summed E-state index contributed by atoms with van der Waals surface area (Å²) in [6, 6.07) is 8.60. The second kappa shape index (κ2) is 7.35. The predicted molar refractivity (Wildman–Crippen MR) is 113 cm³/mol. The number of aryl methyl sites for hydroxylation is 2. The number of aromatic nitrogens is 3. The van der Waals surface area contributed by atoms with E-state index in [1.165, 1.54) is 16.7 Å². The minimum atomic E-state index is 0.0210. The topological polar surface area (TPSA) is 73.9 Å². The number of rotatable bonds is 2. The summed E-state index contributed by atoms with van der Waals surface area (Å²) < 4.78 is 0. The van der Waals surface area contributed by atoms with Gasteiger partial charge in [-0.05, 0) is 54.9 Å². The monoisotopic (exact) mass is 387 g/mol. The van der Waals surface area contributed by atoms with Gasteiger partial charge in [0.1, 0.15) is 12.0 Å². The van der Waals surface area contributed by atoms with Crippen molar-refractivity contribution in [1.82, 2.24) is 25.2 Å². The van der Waals surface area contributed by atoms with Crippen LogP contribution >= 0.6 is 0 Å². The Kier molecular flexibility index (Phi) is 4.54. The van der Waals surface area contributed by atoms with E-state index in [2.05, 4.69) is 57.5 Å². The van der Waals surface area contributed by atoms with Gasteiger partial charge in [-0.2, -0.15) is 0 Å². The Morgan fingerprint density at radius 3 is 3.00 bits per heavy atom. The summed E-state index contributed by atoms with van der Waals surface area (Å²) in [4.78, 5) is 26.8. The first-order valence-corrected chi connectivity index (χ1v) is 10.3. The van der Waals surface area contributed by atoms with Crippen LogP contribution in [0.2, 0.25) is 0 Å². The van der Waals surface area contributed by atoms with Crippen molar-refractivity contribution in [1.29, 1.82) is 0 Å². The van der Waals surface area contributed by atoms with Gasteiger partial charge in [-0.1, -0.05) is 30.3 Å². The molecule has 1 aromatic carbocycles. The molecule has 0 unspecified atom stereocenters. The molecule has 0 bridgehead atoms. The third-order valence-electron chi connectivity index (χ3n) is 6.13. The smallest absolute Gasteiger partial charge is 0.318 e. The summed E-state index contributed by atoms with van der Waals surface area (Å²) in [6.45, 7) is 3.36. The molecule has 6 heteroatoms. The Balaban J connectivity index is 1.31. The lowest BCUT2D eigenvalue weighted by Gasteiger charge is -2.31. The number of amides is 2. The number of H-pyrrole nitrogens is 1. The zero-order valence-corrected chi connectivity index (χ0v) is 16.6. The number of benzene rings is 1. The minimum Gasteiger partial charge on any atom is -0.346 e. The van der Waals surface area contributed by atoms with Crippen molar-refractivity contribution < 1.29 is 4.79 Å². The number of nitrogens with zero attached hydrogens (tertiary/aromatic N) is 3. The van der Waals surface area contributed by atoms with Gasteiger partial charge in [-0.3, -0.25) is 0 Å². The van der Waals surface area contributed by atoms with Crippen LogP contribution in [0.1, 0.15) is 47.7 Å². The lowest BCUT2D eigenvalue weighted by atomic mass is 9.88. The maximum atomic E-state index is 12.9. The Morgan fingerprint density at radius 1 is 1.24 bits per heavy atom. The highest BCUT2D eigenvalue weighted by Crippen LogP contribution is 2.31. The molecule has 2 aliphatic rings. The molecule has 0 fully saturated rings. The van der Waals surface area contributed by atoms with E-state index in [0.29, 0.717) is 13.1 Å². The van der Waals surface area contributed by atoms with E-state index in [9.17, 15) is 4.79 Å². The molecule has 0 saturated heterocycles. The van der Waals surface area contributed by atoms with Crippen molar-refractivity contribution in [3.05, 3.63) is 65.2 Å². The fourth-order valence-corrected chi connectivity index (χ4v) is 4.57. The highest BCUT2D eigenvalue weighted by Gasteiger charge is 2.25. The zero-order valence-electron chi connectivity index (χ0n) is 16.6.